The van der Waals surface area contributed by atoms with Gasteiger partial charge < -0.3 is 15.5 Å². The van der Waals surface area contributed by atoms with Gasteiger partial charge in [-0.25, -0.2) is 4.79 Å². The highest BCUT2D eigenvalue weighted by Gasteiger charge is 2.23. The number of H-pyrrole nitrogens is 1. The highest BCUT2D eigenvalue weighted by molar-refractivity contribution is 5.82. The summed E-state index contributed by atoms with van der Waals surface area (Å²) < 4.78 is 1.33. The number of nitrogens with zero attached hydrogens (tertiary/aromatic N) is 3. The van der Waals surface area contributed by atoms with Crippen LogP contribution in [0, 0.1) is 11.8 Å². The summed E-state index contributed by atoms with van der Waals surface area (Å²) in [5.74, 6) is 0.661. The molecule has 0 saturated carbocycles. The standard InChI is InChI=1S/C23H35N5O3/c1-6-26(15-19(29)27(12-16(2)3)13-17(4)5)20-21(24)28(23(31)25-22(20)30)14-18-10-8-7-9-11-18/h7-11,16-17H,6,12-15,24H2,1-5H3,(H,25,30,31). The number of hydrogen-bond acceptors (Lipinski definition) is 5. The summed E-state index contributed by atoms with van der Waals surface area (Å²) in [6.07, 6.45) is 0. The molecule has 1 aromatic carbocycles. The summed E-state index contributed by atoms with van der Waals surface area (Å²) in [5.41, 5.74) is 6.18. The monoisotopic (exact) mass is 429 g/mol. The van der Waals surface area contributed by atoms with Crippen LogP contribution in [0.1, 0.15) is 40.2 Å². The van der Waals surface area contributed by atoms with E-state index in [4.69, 9.17) is 5.73 Å². The van der Waals surface area contributed by atoms with Crippen molar-refractivity contribution in [2.45, 2.75) is 41.2 Å². The van der Waals surface area contributed by atoms with E-state index in [1.807, 2.05) is 42.2 Å². The number of rotatable bonds is 10. The van der Waals surface area contributed by atoms with E-state index in [9.17, 15) is 14.4 Å². The van der Waals surface area contributed by atoms with Crippen molar-refractivity contribution in [3.05, 3.63) is 56.7 Å². The molecule has 0 saturated heterocycles. The summed E-state index contributed by atoms with van der Waals surface area (Å²) in [4.78, 5) is 44.0. The molecule has 8 nitrogen and oxygen atoms in total. The number of amides is 1. The predicted molar refractivity (Wildman–Crippen MR) is 125 cm³/mol. The maximum absolute atomic E-state index is 13.1. The fourth-order valence-electron chi connectivity index (χ4n) is 3.58. The molecule has 3 N–H and O–H groups in total. The summed E-state index contributed by atoms with van der Waals surface area (Å²) in [6.45, 7) is 12.1. The van der Waals surface area contributed by atoms with E-state index >= 15 is 0 Å². The first-order chi connectivity index (χ1) is 14.6. The van der Waals surface area contributed by atoms with Gasteiger partial charge in [-0.1, -0.05) is 58.0 Å². The Hall–Kier alpha value is -3.03. The van der Waals surface area contributed by atoms with Crippen molar-refractivity contribution >= 4 is 17.4 Å². The van der Waals surface area contributed by atoms with Crippen molar-refractivity contribution < 1.29 is 4.79 Å². The van der Waals surface area contributed by atoms with Gasteiger partial charge in [-0.05, 0) is 24.3 Å². The van der Waals surface area contributed by atoms with Crippen molar-refractivity contribution in [1.29, 1.82) is 0 Å². The van der Waals surface area contributed by atoms with Gasteiger partial charge in [-0.3, -0.25) is 19.1 Å². The number of aromatic amines is 1. The number of nitrogens with one attached hydrogen (secondary N) is 1. The van der Waals surface area contributed by atoms with Crippen molar-refractivity contribution in [2.75, 3.05) is 36.8 Å². The van der Waals surface area contributed by atoms with Crippen molar-refractivity contribution in [3.8, 4) is 0 Å². The average molecular weight is 430 g/mol. The average Bonchev–Trinajstić information content (AvgIpc) is 2.69. The first-order valence-electron chi connectivity index (χ1n) is 10.8. The zero-order chi connectivity index (χ0) is 23.1. The molecule has 8 heteroatoms. The number of carbonyl (C=O) groups is 1. The second kappa shape index (κ2) is 10.8. The van der Waals surface area contributed by atoms with E-state index in [1.165, 1.54) is 4.57 Å². The molecule has 0 aliphatic heterocycles. The van der Waals surface area contributed by atoms with Crippen LogP contribution in [0.4, 0.5) is 11.5 Å². The van der Waals surface area contributed by atoms with Gasteiger partial charge in [0.25, 0.3) is 5.56 Å². The molecule has 31 heavy (non-hydrogen) atoms. The molecule has 0 fully saturated rings. The summed E-state index contributed by atoms with van der Waals surface area (Å²) in [7, 11) is 0. The molecule has 2 rings (SSSR count). The Labute approximate surface area is 183 Å². The Balaban J connectivity index is 2.37. The molecule has 0 radical (unpaired) electrons. The minimum atomic E-state index is -0.583. The third-order valence-electron chi connectivity index (χ3n) is 4.95. The van der Waals surface area contributed by atoms with Crippen molar-refractivity contribution in [1.82, 2.24) is 14.5 Å². The van der Waals surface area contributed by atoms with Crippen LogP contribution >= 0.6 is 0 Å². The fourth-order valence-corrected chi connectivity index (χ4v) is 3.58. The Morgan fingerprint density at radius 1 is 1.06 bits per heavy atom. The number of benzene rings is 1. The lowest BCUT2D eigenvalue weighted by molar-refractivity contribution is -0.130. The molecule has 0 atom stereocenters. The lowest BCUT2D eigenvalue weighted by atomic mass is 10.1. The maximum Gasteiger partial charge on any atom is 0.330 e. The summed E-state index contributed by atoms with van der Waals surface area (Å²) in [6, 6.07) is 9.40. The highest BCUT2D eigenvalue weighted by atomic mass is 16.2. The molecule has 0 aliphatic carbocycles. The van der Waals surface area contributed by atoms with E-state index in [2.05, 4.69) is 32.7 Å². The molecular formula is C23H35N5O3. The van der Waals surface area contributed by atoms with E-state index in [0.717, 1.165) is 5.56 Å². The number of aromatic nitrogens is 2. The summed E-state index contributed by atoms with van der Waals surface area (Å²) in [5, 5.41) is 0. The van der Waals surface area contributed by atoms with Gasteiger partial charge in [0.1, 0.15) is 11.5 Å². The number of likely N-dealkylation sites (N-methyl/N-ethyl adjacent to an activating group) is 1. The molecule has 1 aromatic heterocycles. The zero-order valence-electron chi connectivity index (χ0n) is 19.2. The lowest BCUT2D eigenvalue weighted by Crippen LogP contribution is -2.46. The second-order valence-electron chi connectivity index (χ2n) is 8.67. The third-order valence-corrected chi connectivity index (χ3v) is 4.95. The quantitative estimate of drug-likeness (QED) is 0.602. The van der Waals surface area contributed by atoms with Crippen LogP contribution in [0.15, 0.2) is 39.9 Å². The zero-order valence-corrected chi connectivity index (χ0v) is 19.2. The van der Waals surface area contributed by atoms with Gasteiger partial charge in [0, 0.05) is 19.6 Å². The third kappa shape index (κ3) is 6.47. The molecular weight excluding hydrogens is 394 g/mol. The van der Waals surface area contributed by atoms with Crippen LogP contribution in [0.2, 0.25) is 0 Å². The van der Waals surface area contributed by atoms with Crippen molar-refractivity contribution in [2.24, 2.45) is 11.8 Å². The van der Waals surface area contributed by atoms with Crippen LogP contribution in [-0.4, -0.2) is 46.5 Å². The Morgan fingerprint density at radius 3 is 2.16 bits per heavy atom. The first-order valence-corrected chi connectivity index (χ1v) is 10.8. The van der Waals surface area contributed by atoms with Crippen LogP contribution in [0.25, 0.3) is 0 Å². The maximum atomic E-state index is 13.1. The van der Waals surface area contributed by atoms with Gasteiger partial charge >= 0.3 is 5.69 Å². The molecule has 0 unspecified atom stereocenters. The molecule has 2 aromatic rings. The minimum Gasteiger partial charge on any atom is -0.383 e. The van der Waals surface area contributed by atoms with Crippen LogP contribution in [0.5, 0.6) is 0 Å². The molecule has 0 bridgehead atoms. The predicted octanol–water partition coefficient (Wildman–Crippen LogP) is 2.13. The molecule has 0 aliphatic rings. The fraction of sp³-hybridized carbons (Fsp3) is 0.522. The van der Waals surface area contributed by atoms with Gasteiger partial charge in [0.2, 0.25) is 5.91 Å². The van der Waals surface area contributed by atoms with Gasteiger partial charge in [0.15, 0.2) is 0 Å². The Kier molecular flexibility index (Phi) is 8.47. The molecule has 170 valence electrons. The van der Waals surface area contributed by atoms with Gasteiger partial charge in [-0.15, -0.1) is 0 Å². The minimum absolute atomic E-state index is 0.0206. The normalized spacial score (nSPS) is 11.2. The number of hydrogen-bond donors (Lipinski definition) is 2. The topological polar surface area (TPSA) is 104 Å². The second-order valence-corrected chi connectivity index (χ2v) is 8.67. The lowest BCUT2D eigenvalue weighted by Gasteiger charge is -2.30. The summed E-state index contributed by atoms with van der Waals surface area (Å²) >= 11 is 0. The van der Waals surface area contributed by atoms with Gasteiger partial charge in [0.05, 0.1) is 13.1 Å². The van der Waals surface area contributed by atoms with Gasteiger partial charge in [-0.2, -0.15) is 0 Å². The molecule has 1 heterocycles. The number of carbonyl (C=O) groups excluding carboxylic acids is 1. The highest BCUT2D eigenvalue weighted by Crippen LogP contribution is 2.18. The van der Waals surface area contributed by atoms with E-state index < -0.39 is 11.2 Å². The van der Waals surface area contributed by atoms with E-state index in [-0.39, 0.29) is 30.5 Å². The van der Waals surface area contributed by atoms with E-state index in [1.54, 1.807) is 4.90 Å². The number of anilines is 2. The van der Waals surface area contributed by atoms with Crippen LogP contribution in [-0.2, 0) is 11.3 Å². The molecule has 0 spiro atoms. The SMILES string of the molecule is CCN(CC(=O)N(CC(C)C)CC(C)C)c1c(N)n(Cc2ccccc2)c(=O)[nH]c1=O. The largest absolute Gasteiger partial charge is 0.383 e. The molecule has 1 amide bonds. The van der Waals surface area contributed by atoms with Crippen LogP contribution in [0.3, 0.4) is 0 Å². The number of nitrogen functional groups attached to an aromatic ring is 1. The first kappa shape index (κ1) is 24.2. The van der Waals surface area contributed by atoms with E-state index in [0.29, 0.717) is 31.5 Å². The Bertz CT molecular complexity index is 969. The van der Waals surface area contributed by atoms with Crippen LogP contribution < -0.4 is 21.9 Å². The smallest absolute Gasteiger partial charge is 0.330 e. The number of nitrogens with two attached hydrogens (primary N) is 1. The Morgan fingerprint density at radius 2 is 1.65 bits per heavy atom. The van der Waals surface area contributed by atoms with Crippen molar-refractivity contribution in [3.63, 3.8) is 0 Å².